The van der Waals surface area contributed by atoms with Gasteiger partial charge in [-0.15, -0.1) is 0 Å². The van der Waals surface area contributed by atoms with Crippen LogP contribution in [0.4, 0.5) is 5.69 Å². The van der Waals surface area contributed by atoms with Crippen LogP contribution in [0.25, 0.3) is 0 Å². The molecule has 0 heterocycles. The lowest BCUT2D eigenvalue weighted by atomic mass is 10.2. The number of nitrogen functional groups attached to an aromatic ring is 1. The second-order valence-electron chi connectivity index (χ2n) is 4.60. The van der Waals surface area contributed by atoms with Crippen molar-refractivity contribution in [3.8, 4) is 5.75 Å². The van der Waals surface area contributed by atoms with E-state index in [9.17, 15) is 4.79 Å². The Morgan fingerprint density at radius 2 is 2.22 bits per heavy atom. The van der Waals surface area contributed by atoms with E-state index in [2.05, 4.69) is 19.2 Å². The Kier molecular flexibility index (Phi) is 5.34. The van der Waals surface area contributed by atoms with Crippen molar-refractivity contribution < 1.29 is 9.53 Å². The summed E-state index contributed by atoms with van der Waals surface area (Å²) in [6.45, 7) is 4.79. The molecule has 0 radical (unpaired) electrons. The minimum atomic E-state index is -0.125. The van der Waals surface area contributed by atoms with Crippen LogP contribution in [-0.4, -0.2) is 30.1 Å². The van der Waals surface area contributed by atoms with E-state index in [0.29, 0.717) is 18.0 Å². The molecule has 1 aromatic carbocycles. The predicted molar refractivity (Wildman–Crippen MR) is 77.0 cm³/mol. The standard InChI is InChI=1S/C13H20N2O2S/c1-13(2,18-3)9-15-12(16)8-17-11-6-4-5-10(14)7-11/h4-7H,8-9,14H2,1-3H3,(H,15,16). The average molecular weight is 268 g/mol. The highest BCUT2D eigenvalue weighted by atomic mass is 32.2. The van der Waals surface area contributed by atoms with Crippen LogP contribution >= 0.6 is 11.8 Å². The average Bonchev–Trinajstić information content (AvgIpc) is 2.34. The molecule has 100 valence electrons. The highest BCUT2D eigenvalue weighted by Crippen LogP contribution is 2.19. The van der Waals surface area contributed by atoms with Gasteiger partial charge in [0.05, 0.1) is 0 Å². The highest BCUT2D eigenvalue weighted by molar-refractivity contribution is 7.99. The summed E-state index contributed by atoms with van der Waals surface area (Å²) in [6.07, 6.45) is 2.02. The monoisotopic (exact) mass is 268 g/mol. The lowest BCUT2D eigenvalue weighted by Gasteiger charge is -2.22. The number of hydrogen-bond acceptors (Lipinski definition) is 4. The molecular weight excluding hydrogens is 248 g/mol. The Morgan fingerprint density at radius 3 is 2.83 bits per heavy atom. The fourth-order valence-corrected chi connectivity index (χ4v) is 1.40. The van der Waals surface area contributed by atoms with Crippen molar-refractivity contribution in [1.29, 1.82) is 0 Å². The van der Waals surface area contributed by atoms with Crippen molar-refractivity contribution in [2.75, 3.05) is 25.1 Å². The third-order valence-electron chi connectivity index (χ3n) is 2.49. The van der Waals surface area contributed by atoms with Gasteiger partial charge in [-0.05, 0) is 32.2 Å². The number of benzene rings is 1. The maximum absolute atomic E-state index is 11.6. The Labute approximate surface area is 112 Å². The number of anilines is 1. The molecule has 1 aromatic rings. The largest absolute Gasteiger partial charge is 0.484 e. The number of carbonyl (C=O) groups excluding carboxylic acids is 1. The van der Waals surface area contributed by atoms with E-state index in [-0.39, 0.29) is 17.3 Å². The molecule has 0 atom stereocenters. The fourth-order valence-electron chi connectivity index (χ4n) is 1.19. The maximum atomic E-state index is 11.6. The number of rotatable bonds is 6. The number of hydrogen-bond donors (Lipinski definition) is 2. The first-order valence-electron chi connectivity index (χ1n) is 5.73. The second kappa shape index (κ2) is 6.54. The van der Waals surface area contributed by atoms with E-state index in [1.807, 2.05) is 6.26 Å². The van der Waals surface area contributed by atoms with E-state index >= 15 is 0 Å². The normalized spacial score (nSPS) is 11.1. The molecule has 0 unspecified atom stereocenters. The smallest absolute Gasteiger partial charge is 0.257 e. The van der Waals surface area contributed by atoms with Crippen LogP contribution in [-0.2, 0) is 4.79 Å². The molecule has 0 fully saturated rings. The Hall–Kier alpha value is -1.36. The lowest BCUT2D eigenvalue weighted by molar-refractivity contribution is -0.123. The van der Waals surface area contributed by atoms with E-state index in [0.717, 1.165) is 0 Å². The zero-order valence-electron chi connectivity index (χ0n) is 11.0. The van der Waals surface area contributed by atoms with Crippen LogP contribution in [0.15, 0.2) is 24.3 Å². The Morgan fingerprint density at radius 1 is 1.50 bits per heavy atom. The molecule has 0 bridgehead atoms. The van der Waals surface area contributed by atoms with Gasteiger partial charge in [0.25, 0.3) is 5.91 Å². The number of thioether (sulfide) groups is 1. The molecule has 0 spiro atoms. The molecule has 0 saturated carbocycles. The van der Waals surface area contributed by atoms with Gasteiger partial charge < -0.3 is 15.8 Å². The van der Waals surface area contributed by atoms with Crippen LogP contribution in [0.3, 0.4) is 0 Å². The molecule has 0 saturated heterocycles. The first-order valence-corrected chi connectivity index (χ1v) is 6.95. The second-order valence-corrected chi connectivity index (χ2v) is 6.12. The molecular formula is C13H20N2O2S. The number of amides is 1. The van der Waals surface area contributed by atoms with Gasteiger partial charge in [-0.3, -0.25) is 4.79 Å². The predicted octanol–water partition coefficient (Wildman–Crippen LogP) is 1.91. The van der Waals surface area contributed by atoms with Crippen LogP contribution in [0, 0.1) is 0 Å². The van der Waals surface area contributed by atoms with Crippen molar-refractivity contribution in [3.05, 3.63) is 24.3 Å². The number of nitrogens with two attached hydrogens (primary N) is 1. The van der Waals surface area contributed by atoms with Crippen molar-refractivity contribution >= 4 is 23.4 Å². The topological polar surface area (TPSA) is 64.3 Å². The zero-order chi connectivity index (χ0) is 13.6. The van der Waals surface area contributed by atoms with Gasteiger partial charge in [0.1, 0.15) is 5.75 Å². The molecule has 4 nitrogen and oxygen atoms in total. The van der Waals surface area contributed by atoms with Gasteiger partial charge in [-0.2, -0.15) is 11.8 Å². The van der Waals surface area contributed by atoms with Gasteiger partial charge in [-0.25, -0.2) is 0 Å². The molecule has 0 aliphatic heterocycles. The van der Waals surface area contributed by atoms with Crippen molar-refractivity contribution in [2.24, 2.45) is 0 Å². The summed E-state index contributed by atoms with van der Waals surface area (Å²) in [5, 5.41) is 2.84. The summed E-state index contributed by atoms with van der Waals surface area (Å²) < 4.78 is 5.38. The van der Waals surface area contributed by atoms with E-state index in [1.54, 1.807) is 36.0 Å². The van der Waals surface area contributed by atoms with E-state index in [4.69, 9.17) is 10.5 Å². The summed E-state index contributed by atoms with van der Waals surface area (Å²) in [5.41, 5.74) is 6.24. The Bertz CT molecular complexity index is 408. The van der Waals surface area contributed by atoms with Crippen LogP contribution in [0.1, 0.15) is 13.8 Å². The summed E-state index contributed by atoms with van der Waals surface area (Å²) in [4.78, 5) is 11.6. The first kappa shape index (κ1) is 14.7. The van der Waals surface area contributed by atoms with Crippen LogP contribution in [0.2, 0.25) is 0 Å². The van der Waals surface area contributed by atoms with Gasteiger partial charge in [0.15, 0.2) is 6.61 Å². The summed E-state index contributed by atoms with van der Waals surface area (Å²) in [7, 11) is 0. The van der Waals surface area contributed by atoms with Crippen LogP contribution in [0.5, 0.6) is 5.75 Å². The molecule has 0 aromatic heterocycles. The zero-order valence-corrected chi connectivity index (χ0v) is 11.8. The molecule has 18 heavy (non-hydrogen) atoms. The molecule has 1 rings (SSSR count). The summed E-state index contributed by atoms with van der Waals surface area (Å²) in [5.74, 6) is 0.480. The number of ether oxygens (including phenoxy) is 1. The van der Waals surface area contributed by atoms with Crippen molar-refractivity contribution in [3.63, 3.8) is 0 Å². The minimum absolute atomic E-state index is 0.00785. The third-order valence-corrected chi connectivity index (χ3v) is 3.74. The molecule has 5 heteroatoms. The third kappa shape index (κ3) is 5.31. The van der Waals surface area contributed by atoms with Crippen LogP contribution < -0.4 is 15.8 Å². The molecule has 3 N–H and O–H groups in total. The highest BCUT2D eigenvalue weighted by Gasteiger charge is 2.16. The van der Waals surface area contributed by atoms with E-state index < -0.39 is 0 Å². The van der Waals surface area contributed by atoms with Gasteiger partial charge in [-0.1, -0.05) is 6.07 Å². The minimum Gasteiger partial charge on any atom is -0.484 e. The number of nitrogens with one attached hydrogen (secondary N) is 1. The lowest BCUT2D eigenvalue weighted by Crippen LogP contribution is -2.38. The summed E-state index contributed by atoms with van der Waals surface area (Å²) >= 11 is 1.71. The van der Waals surface area contributed by atoms with E-state index in [1.165, 1.54) is 0 Å². The quantitative estimate of drug-likeness (QED) is 0.774. The van der Waals surface area contributed by atoms with Gasteiger partial charge in [0, 0.05) is 23.0 Å². The first-order chi connectivity index (χ1) is 8.43. The maximum Gasteiger partial charge on any atom is 0.257 e. The summed E-state index contributed by atoms with van der Waals surface area (Å²) in [6, 6.07) is 7.03. The van der Waals surface area contributed by atoms with Crippen molar-refractivity contribution in [1.82, 2.24) is 5.32 Å². The van der Waals surface area contributed by atoms with Gasteiger partial charge >= 0.3 is 0 Å². The fraction of sp³-hybridized carbons (Fsp3) is 0.462. The molecule has 1 amide bonds. The van der Waals surface area contributed by atoms with Gasteiger partial charge in [0.2, 0.25) is 0 Å². The number of carbonyl (C=O) groups is 1. The SMILES string of the molecule is CSC(C)(C)CNC(=O)COc1cccc(N)c1. The Balaban J connectivity index is 2.34. The molecule has 0 aliphatic carbocycles. The molecule has 0 aliphatic rings. The van der Waals surface area contributed by atoms with Crippen molar-refractivity contribution in [2.45, 2.75) is 18.6 Å².